The molecule has 2 rings (SSSR count). The van der Waals surface area contributed by atoms with Crippen LogP contribution in [-0.4, -0.2) is 25.7 Å². The molecule has 1 unspecified atom stereocenters. The third-order valence-electron chi connectivity index (χ3n) is 3.26. The van der Waals surface area contributed by atoms with E-state index in [9.17, 15) is 5.11 Å². The molecule has 0 aromatic carbocycles. The summed E-state index contributed by atoms with van der Waals surface area (Å²) in [5.41, 5.74) is 5.90. The average molecular weight is 224 g/mol. The van der Waals surface area contributed by atoms with E-state index < -0.39 is 5.60 Å². The first-order chi connectivity index (χ1) is 7.59. The van der Waals surface area contributed by atoms with Crippen molar-refractivity contribution in [3.05, 3.63) is 11.9 Å². The summed E-state index contributed by atoms with van der Waals surface area (Å²) in [6.45, 7) is 2.41. The molecule has 90 valence electrons. The van der Waals surface area contributed by atoms with E-state index in [4.69, 9.17) is 5.73 Å². The van der Waals surface area contributed by atoms with Crippen molar-refractivity contribution in [3.63, 3.8) is 0 Å². The maximum Gasteiger partial charge on any atom is 0.0991 e. The van der Waals surface area contributed by atoms with Gasteiger partial charge in [-0.2, -0.15) is 0 Å². The normalized spacial score (nSPS) is 21.9. The predicted octanol–water partition coefficient (Wildman–Crippen LogP) is 0.993. The molecule has 0 amide bonds. The fourth-order valence-corrected chi connectivity index (χ4v) is 2.27. The highest BCUT2D eigenvalue weighted by molar-refractivity contribution is 4.98. The zero-order chi connectivity index (χ0) is 11.6. The molecule has 1 saturated carbocycles. The minimum absolute atomic E-state index is 0.102. The Balaban J connectivity index is 2.02. The van der Waals surface area contributed by atoms with E-state index in [1.54, 1.807) is 4.68 Å². The Morgan fingerprint density at radius 1 is 1.50 bits per heavy atom. The molecule has 3 N–H and O–H groups in total. The van der Waals surface area contributed by atoms with Crippen LogP contribution in [-0.2, 0) is 6.54 Å². The van der Waals surface area contributed by atoms with Gasteiger partial charge in [-0.1, -0.05) is 24.5 Å². The number of nitrogens with two attached hydrogens (primary N) is 1. The summed E-state index contributed by atoms with van der Waals surface area (Å²) in [7, 11) is 0. The lowest BCUT2D eigenvalue weighted by Gasteiger charge is -2.31. The first-order valence-corrected chi connectivity index (χ1v) is 5.97. The van der Waals surface area contributed by atoms with Crippen molar-refractivity contribution < 1.29 is 5.11 Å². The monoisotopic (exact) mass is 224 g/mol. The Bertz CT molecular complexity index is 342. The van der Waals surface area contributed by atoms with E-state index in [0.717, 1.165) is 31.4 Å². The minimum Gasteiger partial charge on any atom is -0.388 e. The van der Waals surface area contributed by atoms with Gasteiger partial charge in [0.15, 0.2) is 0 Å². The summed E-state index contributed by atoms with van der Waals surface area (Å²) in [5.74, 6) is 0. The maximum atomic E-state index is 10.4. The molecule has 0 radical (unpaired) electrons. The highest BCUT2D eigenvalue weighted by atomic mass is 16.3. The van der Waals surface area contributed by atoms with Gasteiger partial charge < -0.3 is 10.8 Å². The molecule has 5 heteroatoms. The van der Waals surface area contributed by atoms with Gasteiger partial charge in [0.05, 0.1) is 24.0 Å². The van der Waals surface area contributed by atoms with Crippen molar-refractivity contribution in [3.8, 4) is 0 Å². The number of nitrogens with zero attached hydrogens (tertiary/aromatic N) is 3. The molecule has 0 bridgehead atoms. The summed E-state index contributed by atoms with van der Waals surface area (Å²) in [5, 5.41) is 18.3. The van der Waals surface area contributed by atoms with Gasteiger partial charge in [-0.3, -0.25) is 0 Å². The number of hydrogen-bond acceptors (Lipinski definition) is 4. The zero-order valence-corrected chi connectivity index (χ0v) is 9.76. The number of aliphatic hydroxyl groups is 1. The number of hydrogen-bond donors (Lipinski definition) is 2. The van der Waals surface area contributed by atoms with Gasteiger partial charge in [0, 0.05) is 6.04 Å². The van der Waals surface area contributed by atoms with Crippen molar-refractivity contribution >= 4 is 0 Å². The summed E-state index contributed by atoms with van der Waals surface area (Å²) in [4.78, 5) is 0. The SMILES string of the molecule is CC(N)c1cn(CC2(O)CCCCC2)nn1. The van der Waals surface area contributed by atoms with Gasteiger partial charge in [0.2, 0.25) is 0 Å². The van der Waals surface area contributed by atoms with Crippen LogP contribution in [0.2, 0.25) is 0 Å². The van der Waals surface area contributed by atoms with Crippen LogP contribution < -0.4 is 5.73 Å². The van der Waals surface area contributed by atoms with Crippen LogP contribution in [0, 0.1) is 0 Å². The Morgan fingerprint density at radius 3 is 2.75 bits per heavy atom. The van der Waals surface area contributed by atoms with Gasteiger partial charge in [-0.05, 0) is 19.8 Å². The van der Waals surface area contributed by atoms with Crippen LogP contribution in [0.3, 0.4) is 0 Å². The second-order valence-corrected chi connectivity index (χ2v) is 4.91. The van der Waals surface area contributed by atoms with Crippen molar-refractivity contribution in [1.82, 2.24) is 15.0 Å². The van der Waals surface area contributed by atoms with Crippen LogP contribution in [0.4, 0.5) is 0 Å². The molecule has 1 fully saturated rings. The predicted molar refractivity (Wildman–Crippen MR) is 60.7 cm³/mol. The molecule has 1 heterocycles. The molecule has 1 aromatic rings. The third kappa shape index (κ3) is 2.59. The van der Waals surface area contributed by atoms with E-state index in [0.29, 0.717) is 6.54 Å². The standard InChI is InChI=1S/C11H20N4O/c1-9(12)10-7-15(14-13-10)8-11(16)5-3-2-4-6-11/h7,9,16H,2-6,8,12H2,1H3. The topological polar surface area (TPSA) is 77.0 Å². The summed E-state index contributed by atoms with van der Waals surface area (Å²) in [6.07, 6.45) is 6.99. The largest absolute Gasteiger partial charge is 0.388 e. The lowest BCUT2D eigenvalue weighted by Crippen LogP contribution is -2.36. The van der Waals surface area contributed by atoms with Crippen LogP contribution in [0.1, 0.15) is 50.8 Å². The Kier molecular flexibility index (Phi) is 3.25. The smallest absolute Gasteiger partial charge is 0.0991 e. The highest BCUT2D eigenvalue weighted by Gasteiger charge is 2.30. The van der Waals surface area contributed by atoms with Crippen molar-refractivity contribution in [2.24, 2.45) is 5.73 Å². The van der Waals surface area contributed by atoms with Crippen molar-refractivity contribution in [1.29, 1.82) is 0 Å². The summed E-state index contributed by atoms with van der Waals surface area (Å²) >= 11 is 0. The fraction of sp³-hybridized carbons (Fsp3) is 0.818. The van der Waals surface area contributed by atoms with Crippen LogP contribution in [0.25, 0.3) is 0 Å². The first-order valence-electron chi connectivity index (χ1n) is 5.97. The van der Waals surface area contributed by atoms with Gasteiger partial charge >= 0.3 is 0 Å². The Hall–Kier alpha value is -0.940. The second-order valence-electron chi connectivity index (χ2n) is 4.91. The van der Waals surface area contributed by atoms with Gasteiger partial charge in [0.1, 0.15) is 0 Å². The van der Waals surface area contributed by atoms with Gasteiger partial charge in [-0.25, -0.2) is 4.68 Å². The zero-order valence-electron chi connectivity index (χ0n) is 9.76. The van der Waals surface area contributed by atoms with E-state index >= 15 is 0 Å². The number of rotatable bonds is 3. The maximum absolute atomic E-state index is 10.4. The molecule has 16 heavy (non-hydrogen) atoms. The lowest BCUT2D eigenvalue weighted by atomic mass is 9.85. The molecule has 1 aliphatic rings. The van der Waals surface area contributed by atoms with Crippen LogP contribution >= 0.6 is 0 Å². The first kappa shape index (κ1) is 11.5. The van der Waals surface area contributed by atoms with E-state index in [-0.39, 0.29) is 6.04 Å². The summed E-state index contributed by atoms with van der Waals surface area (Å²) < 4.78 is 1.71. The van der Waals surface area contributed by atoms with Crippen molar-refractivity contribution in [2.45, 2.75) is 57.2 Å². The molecule has 5 nitrogen and oxygen atoms in total. The third-order valence-corrected chi connectivity index (χ3v) is 3.26. The van der Waals surface area contributed by atoms with E-state index in [1.165, 1.54) is 6.42 Å². The summed E-state index contributed by atoms with van der Waals surface area (Å²) in [6, 6.07) is -0.102. The van der Waals surface area contributed by atoms with Crippen molar-refractivity contribution in [2.75, 3.05) is 0 Å². The molecule has 1 aromatic heterocycles. The minimum atomic E-state index is -0.596. The molecule has 0 aliphatic heterocycles. The quantitative estimate of drug-likeness (QED) is 0.802. The molecular weight excluding hydrogens is 204 g/mol. The highest BCUT2D eigenvalue weighted by Crippen LogP contribution is 2.29. The van der Waals surface area contributed by atoms with Gasteiger partial charge in [-0.15, -0.1) is 5.10 Å². The molecule has 1 aliphatic carbocycles. The average Bonchev–Trinajstić information content (AvgIpc) is 2.66. The molecular formula is C11H20N4O. The lowest BCUT2D eigenvalue weighted by molar-refractivity contribution is -0.0146. The van der Waals surface area contributed by atoms with Crippen LogP contribution in [0.5, 0.6) is 0 Å². The van der Waals surface area contributed by atoms with Crippen LogP contribution in [0.15, 0.2) is 6.20 Å². The Morgan fingerprint density at radius 2 is 2.19 bits per heavy atom. The van der Waals surface area contributed by atoms with E-state index in [1.807, 2.05) is 13.1 Å². The molecule has 1 atom stereocenters. The number of aromatic nitrogens is 3. The van der Waals surface area contributed by atoms with E-state index in [2.05, 4.69) is 10.3 Å². The second kappa shape index (κ2) is 4.51. The van der Waals surface area contributed by atoms with Gasteiger partial charge in [0.25, 0.3) is 0 Å². The molecule has 0 spiro atoms. The fourth-order valence-electron chi connectivity index (χ4n) is 2.27. The Labute approximate surface area is 95.6 Å². The molecule has 0 saturated heterocycles.